The zero-order valence-corrected chi connectivity index (χ0v) is 16.0. The lowest BCUT2D eigenvalue weighted by Gasteiger charge is -2.44. The Kier molecular flexibility index (Phi) is 6.21. The number of nitrogens with one attached hydrogen (secondary N) is 2. The zero-order chi connectivity index (χ0) is 17.7. The molecule has 0 radical (unpaired) electrons. The van der Waals surface area contributed by atoms with Gasteiger partial charge in [-0.25, -0.2) is 0 Å². The van der Waals surface area contributed by atoms with Crippen LogP contribution >= 0.6 is 12.2 Å². The van der Waals surface area contributed by atoms with Crippen molar-refractivity contribution in [3.05, 3.63) is 35.4 Å². The van der Waals surface area contributed by atoms with Crippen LogP contribution in [0.15, 0.2) is 24.3 Å². The highest BCUT2D eigenvalue weighted by molar-refractivity contribution is 7.80. The summed E-state index contributed by atoms with van der Waals surface area (Å²) in [5.41, 5.74) is 2.41. The number of carbonyl (C=O) groups excluding carboxylic acids is 1. The van der Waals surface area contributed by atoms with Gasteiger partial charge in [0.1, 0.15) is 0 Å². The summed E-state index contributed by atoms with van der Waals surface area (Å²) in [6, 6.07) is 8.64. The van der Waals surface area contributed by atoms with E-state index >= 15 is 0 Å². The molecule has 1 aromatic rings. The Morgan fingerprint density at radius 3 is 2.67 bits per heavy atom. The summed E-state index contributed by atoms with van der Waals surface area (Å²) < 4.78 is 0. The van der Waals surface area contributed by atoms with Crippen LogP contribution in [0.1, 0.15) is 51.2 Å². The van der Waals surface area contributed by atoms with Gasteiger partial charge in [-0.2, -0.15) is 0 Å². The first-order valence-corrected chi connectivity index (χ1v) is 9.09. The Balaban J connectivity index is 1.70. The first-order chi connectivity index (χ1) is 11.3. The Hall–Kier alpha value is -1.62. The lowest BCUT2D eigenvalue weighted by molar-refractivity contribution is -0.121. The third kappa shape index (κ3) is 5.48. The van der Waals surface area contributed by atoms with Gasteiger partial charge in [0.2, 0.25) is 5.91 Å². The molecule has 4 nitrogen and oxygen atoms in total. The van der Waals surface area contributed by atoms with E-state index in [1.165, 1.54) is 5.56 Å². The predicted octanol–water partition coefficient (Wildman–Crippen LogP) is 3.14. The SMILES string of the molecule is Cc1ccc(CNC(=O)CCCN2C(=S)NC(C)(C)C[C@H]2C)cc1. The normalized spacial score (nSPS) is 19.8. The minimum atomic E-state index is 0.0540. The summed E-state index contributed by atoms with van der Waals surface area (Å²) in [7, 11) is 0. The molecule has 1 saturated heterocycles. The van der Waals surface area contributed by atoms with Gasteiger partial charge in [0, 0.05) is 31.1 Å². The van der Waals surface area contributed by atoms with Gasteiger partial charge in [0.15, 0.2) is 5.11 Å². The van der Waals surface area contributed by atoms with E-state index in [-0.39, 0.29) is 11.4 Å². The molecule has 0 aromatic heterocycles. The van der Waals surface area contributed by atoms with Crippen molar-refractivity contribution in [3.8, 4) is 0 Å². The van der Waals surface area contributed by atoms with Crippen LogP contribution in [0.25, 0.3) is 0 Å². The molecule has 0 bridgehead atoms. The van der Waals surface area contributed by atoms with Gasteiger partial charge in [0.05, 0.1) is 0 Å². The molecule has 24 heavy (non-hydrogen) atoms. The van der Waals surface area contributed by atoms with Crippen LogP contribution in [0, 0.1) is 6.92 Å². The second-order valence-corrected chi connectivity index (χ2v) is 7.81. The van der Waals surface area contributed by atoms with E-state index in [2.05, 4.69) is 67.5 Å². The maximum Gasteiger partial charge on any atom is 0.220 e. The fraction of sp³-hybridized carbons (Fsp3) is 0.579. The molecule has 132 valence electrons. The average molecular weight is 348 g/mol. The number of hydrogen-bond acceptors (Lipinski definition) is 2. The lowest BCUT2D eigenvalue weighted by atomic mass is 9.93. The van der Waals surface area contributed by atoms with Gasteiger partial charge in [0.25, 0.3) is 0 Å². The number of carbonyl (C=O) groups is 1. The van der Waals surface area contributed by atoms with Crippen LogP contribution in [0.3, 0.4) is 0 Å². The molecule has 1 fully saturated rings. The Labute approximate surface area is 151 Å². The van der Waals surface area contributed by atoms with Crippen molar-refractivity contribution < 1.29 is 4.79 Å². The molecule has 0 unspecified atom stereocenters. The molecule has 1 atom stereocenters. The Morgan fingerprint density at radius 1 is 1.38 bits per heavy atom. The fourth-order valence-corrected chi connectivity index (χ4v) is 3.74. The molecule has 0 spiro atoms. The van der Waals surface area contributed by atoms with Gasteiger partial charge in [-0.05, 0) is 58.3 Å². The summed E-state index contributed by atoms with van der Waals surface area (Å²) in [5.74, 6) is 0.0967. The fourth-order valence-electron chi connectivity index (χ4n) is 3.19. The Morgan fingerprint density at radius 2 is 2.04 bits per heavy atom. The molecule has 2 N–H and O–H groups in total. The number of rotatable bonds is 6. The van der Waals surface area contributed by atoms with Crippen LogP contribution in [-0.2, 0) is 11.3 Å². The van der Waals surface area contributed by atoms with E-state index < -0.39 is 0 Å². The van der Waals surface area contributed by atoms with Crippen molar-refractivity contribution in [1.82, 2.24) is 15.5 Å². The molecular formula is C19H29N3OS. The van der Waals surface area contributed by atoms with Gasteiger partial charge in [-0.1, -0.05) is 29.8 Å². The molecule has 0 saturated carbocycles. The molecular weight excluding hydrogens is 318 g/mol. The van der Waals surface area contributed by atoms with Crippen LogP contribution < -0.4 is 10.6 Å². The summed E-state index contributed by atoms with van der Waals surface area (Å²) in [5, 5.41) is 7.17. The third-order valence-corrected chi connectivity index (χ3v) is 4.79. The van der Waals surface area contributed by atoms with E-state index in [0.29, 0.717) is 19.0 Å². The zero-order valence-electron chi connectivity index (χ0n) is 15.2. The second kappa shape index (κ2) is 7.97. The number of aryl methyl sites for hydroxylation is 1. The summed E-state index contributed by atoms with van der Waals surface area (Å²) in [4.78, 5) is 14.2. The van der Waals surface area contributed by atoms with E-state index in [1.807, 2.05) is 0 Å². The summed E-state index contributed by atoms with van der Waals surface area (Å²) in [6.45, 7) is 10.0. The number of thiocarbonyl (C=S) groups is 1. The van der Waals surface area contributed by atoms with Gasteiger partial charge >= 0.3 is 0 Å². The highest BCUT2D eigenvalue weighted by Gasteiger charge is 2.32. The van der Waals surface area contributed by atoms with E-state index in [0.717, 1.165) is 30.1 Å². The summed E-state index contributed by atoms with van der Waals surface area (Å²) in [6.07, 6.45) is 2.39. The van der Waals surface area contributed by atoms with Gasteiger partial charge < -0.3 is 15.5 Å². The highest BCUT2D eigenvalue weighted by Crippen LogP contribution is 2.22. The molecule has 1 heterocycles. The molecule has 2 rings (SSSR count). The predicted molar refractivity (Wildman–Crippen MR) is 103 cm³/mol. The quantitative estimate of drug-likeness (QED) is 0.776. The topological polar surface area (TPSA) is 44.4 Å². The minimum Gasteiger partial charge on any atom is -0.358 e. The van der Waals surface area contributed by atoms with Crippen molar-refractivity contribution in [3.63, 3.8) is 0 Å². The first-order valence-electron chi connectivity index (χ1n) is 8.68. The van der Waals surface area contributed by atoms with E-state index in [9.17, 15) is 4.79 Å². The van der Waals surface area contributed by atoms with Gasteiger partial charge in [-0.15, -0.1) is 0 Å². The maximum atomic E-state index is 12.0. The molecule has 0 aliphatic carbocycles. The maximum absolute atomic E-state index is 12.0. The van der Waals surface area contributed by atoms with Crippen LogP contribution in [0.2, 0.25) is 0 Å². The molecule has 1 amide bonds. The number of amides is 1. The van der Waals surface area contributed by atoms with Crippen molar-refractivity contribution in [2.45, 2.75) is 65.1 Å². The third-order valence-electron chi connectivity index (χ3n) is 4.46. The molecule has 5 heteroatoms. The number of benzene rings is 1. The molecule has 1 aliphatic rings. The largest absolute Gasteiger partial charge is 0.358 e. The minimum absolute atomic E-state index is 0.0540. The van der Waals surface area contributed by atoms with Crippen LogP contribution in [0.4, 0.5) is 0 Å². The number of nitrogens with zero attached hydrogens (tertiary/aromatic N) is 1. The lowest BCUT2D eigenvalue weighted by Crippen LogP contribution is -2.60. The van der Waals surface area contributed by atoms with Gasteiger partial charge in [-0.3, -0.25) is 4.79 Å². The van der Waals surface area contributed by atoms with E-state index in [1.54, 1.807) is 0 Å². The second-order valence-electron chi connectivity index (χ2n) is 7.43. The van der Waals surface area contributed by atoms with Crippen molar-refractivity contribution in [1.29, 1.82) is 0 Å². The Bertz CT molecular complexity index is 583. The van der Waals surface area contributed by atoms with Crippen LogP contribution in [-0.4, -0.2) is 34.0 Å². The average Bonchev–Trinajstić information content (AvgIpc) is 2.48. The van der Waals surface area contributed by atoms with Crippen molar-refractivity contribution in [2.75, 3.05) is 6.54 Å². The van der Waals surface area contributed by atoms with Crippen molar-refractivity contribution >= 4 is 23.2 Å². The highest BCUT2D eigenvalue weighted by atomic mass is 32.1. The van der Waals surface area contributed by atoms with Crippen LogP contribution in [0.5, 0.6) is 0 Å². The number of hydrogen-bond donors (Lipinski definition) is 2. The monoisotopic (exact) mass is 347 g/mol. The summed E-state index contributed by atoms with van der Waals surface area (Å²) >= 11 is 5.47. The standard InChI is InChI=1S/C19H29N3OS/c1-14-7-9-16(10-8-14)13-20-17(23)6-5-11-22-15(2)12-19(3,4)21-18(22)24/h7-10,15H,5-6,11-13H2,1-4H3,(H,20,23)(H,21,24)/t15-/m1/s1. The van der Waals surface area contributed by atoms with E-state index in [4.69, 9.17) is 12.2 Å². The first kappa shape index (κ1) is 18.7. The molecule has 1 aromatic carbocycles. The smallest absolute Gasteiger partial charge is 0.220 e. The van der Waals surface area contributed by atoms with Crippen molar-refractivity contribution in [2.24, 2.45) is 0 Å². The molecule has 1 aliphatic heterocycles.